The van der Waals surface area contributed by atoms with E-state index < -0.39 is 12.5 Å². The number of anilines is 2. The van der Waals surface area contributed by atoms with E-state index in [0.29, 0.717) is 4.91 Å². The van der Waals surface area contributed by atoms with Gasteiger partial charge in [-0.3, -0.25) is 14.5 Å². The van der Waals surface area contributed by atoms with E-state index in [2.05, 4.69) is 0 Å². The number of nitrogens with zero attached hydrogens (tertiary/aromatic N) is 2. The molecule has 2 aromatic carbocycles. The molecule has 1 heterocycles. The predicted molar refractivity (Wildman–Crippen MR) is 115 cm³/mol. The van der Waals surface area contributed by atoms with Gasteiger partial charge in [-0.25, -0.2) is 0 Å². The van der Waals surface area contributed by atoms with Gasteiger partial charge in [0.2, 0.25) is 0 Å². The van der Waals surface area contributed by atoms with Crippen LogP contribution in [-0.2, 0) is 9.59 Å². The Labute approximate surface area is 172 Å². The maximum Gasteiger partial charge on any atom is 0.323 e. The first kappa shape index (κ1) is 19.9. The molecule has 1 amide bonds. The third-order valence-electron chi connectivity index (χ3n) is 4.20. The molecule has 1 aliphatic heterocycles. The van der Waals surface area contributed by atoms with Gasteiger partial charge in [-0.1, -0.05) is 36.1 Å². The van der Waals surface area contributed by atoms with Crippen molar-refractivity contribution in [2.75, 3.05) is 25.6 Å². The number of amides is 1. The number of thioether (sulfide) groups is 1. The number of thiocarbonyl (C=S) groups is 1. The number of rotatable bonds is 6. The maximum atomic E-state index is 12.3. The molecular weight excluding hydrogens is 396 g/mol. The number of hydrogen-bond acceptors (Lipinski definition) is 6. The standard InChI is InChI=1S/C20H18N2O4S2/c1-21(15-7-9-16(26-2)10-8-15)14-5-3-13(4-6-14)11-17-19(25)22(12-18(23)24)20(27)28-17/h3-11H,12H2,1-2H3,(H,23,24)/b17-11+. The molecule has 6 nitrogen and oxygen atoms in total. The minimum absolute atomic E-state index is 0.259. The fourth-order valence-electron chi connectivity index (χ4n) is 2.67. The molecule has 0 spiro atoms. The first-order valence-corrected chi connectivity index (χ1v) is 9.56. The van der Waals surface area contributed by atoms with Crippen LogP contribution in [0.25, 0.3) is 6.08 Å². The summed E-state index contributed by atoms with van der Waals surface area (Å²) in [6.45, 7) is -0.423. The number of hydrogen-bond donors (Lipinski definition) is 1. The lowest BCUT2D eigenvalue weighted by atomic mass is 10.1. The van der Waals surface area contributed by atoms with Crippen molar-refractivity contribution < 1.29 is 19.4 Å². The quantitative estimate of drug-likeness (QED) is 0.570. The van der Waals surface area contributed by atoms with E-state index in [4.69, 9.17) is 22.1 Å². The maximum absolute atomic E-state index is 12.3. The second-order valence-electron chi connectivity index (χ2n) is 6.01. The number of carbonyl (C=O) groups excluding carboxylic acids is 1. The molecule has 144 valence electrons. The van der Waals surface area contributed by atoms with Gasteiger partial charge in [0.15, 0.2) is 0 Å². The number of ether oxygens (including phenoxy) is 1. The van der Waals surface area contributed by atoms with Crippen LogP contribution in [-0.4, -0.2) is 46.9 Å². The number of benzene rings is 2. The van der Waals surface area contributed by atoms with Gasteiger partial charge in [-0.05, 0) is 48.0 Å². The van der Waals surface area contributed by atoms with Gasteiger partial charge >= 0.3 is 5.97 Å². The summed E-state index contributed by atoms with van der Waals surface area (Å²) in [7, 11) is 3.60. The van der Waals surface area contributed by atoms with E-state index in [1.807, 2.05) is 60.5 Å². The Morgan fingerprint density at radius 3 is 2.29 bits per heavy atom. The highest BCUT2D eigenvalue weighted by atomic mass is 32.2. The van der Waals surface area contributed by atoms with Crippen LogP contribution < -0.4 is 9.64 Å². The number of aliphatic carboxylic acids is 1. The van der Waals surface area contributed by atoms with Crippen LogP contribution in [0.3, 0.4) is 0 Å². The average Bonchev–Trinajstić information content (AvgIpc) is 2.95. The molecule has 1 N–H and O–H groups in total. The molecule has 1 fully saturated rings. The van der Waals surface area contributed by atoms with E-state index >= 15 is 0 Å². The summed E-state index contributed by atoms with van der Waals surface area (Å²) in [4.78, 5) is 26.8. The summed E-state index contributed by atoms with van der Waals surface area (Å²) >= 11 is 6.22. The van der Waals surface area contributed by atoms with Gasteiger partial charge in [0, 0.05) is 18.4 Å². The van der Waals surface area contributed by atoms with E-state index in [0.717, 1.165) is 39.3 Å². The molecular formula is C20H18N2O4S2. The minimum atomic E-state index is -1.09. The summed E-state index contributed by atoms with van der Waals surface area (Å²) in [6.07, 6.45) is 1.72. The van der Waals surface area contributed by atoms with Gasteiger partial charge in [0.1, 0.15) is 16.6 Å². The van der Waals surface area contributed by atoms with E-state index in [9.17, 15) is 9.59 Å². The van der Waals surface area contributed by atoms with Crippen molar-refractivity contribution in [3.05, 3.63) is 59.0 Å². The fraction of sp³-hybridized carbons (Fsp3) is 0.150. The molecule has 1 saturated heterocycles. The largest absolute Gasteiger partial charge is 0.497 e. The normalized spacial score (nSPS) is 15.2. The lowest BCUT2D eigenvalue weighted by Crippen LogP contribution is -2.33. The minimum Gasteiger partial charge on any atom is -0.497 e. The highest BCUT2D eigenvalue weighted by Crippen LogP contribution is 2.33. The molecule has 8 heteroatoms. The molecule has 0 aliphatic carbocycles. The number of methoxy groups -OCH3 is 1. The zero-order valence-corrected chi connectivity index (χ0v) is 16.9. The van der Waals surface area contributed by atoms with Crippen LogP contribution in [0.1, 0.15) is 5.56 Å². The van der Waals surface area contributed by atoms with Crippen LogP contribution in [0.15, 0.2) is 53.4 Å². The molecule has 2 aromatic rings. The molecule has 0 bridgehead atoms. The number of carbonyl (C=O) groups is 2. The third-order valence-corrected chi connectivity index (χ3v) is 5.58. The molecule has 0 saturated carbocycles. The summed E-state index contributed by atoms with van der Waals surface area (Å²) in [6, 6.07) is 15.5. The fourth-order valence-corrected chi connectivity index (χ4v) is 3.93. The second-order valence-corrected chi connectivity index (χ2v) is 7.69. The average molecular weight is 415 g/mol. The Hall–Kier alpha value is -2.84. The highest BCUT2D eigenvalue weighted by molar-refractivity contribution is 8.26. The Morgan fingerprint density at radius 1 is 1.18 bits per heavy atom. The smallest absolute Gasteiger partial charge is 0.323 e. The number of carboxylic acid groups (broad SMARTS) is 1. The number of carboxylic acids is 1. The van der Waals surface area contributed by atoms with Crippen LogP contribution in [0, 0.1) is 0 Å². The van der Waals surface area contributed by atoms with E-state index in [1.54, 1.807) is 13.2 Å². The Morgan fingerprint density at radius 2 is 1.75 bits per heavy atom. The van der Waals surface area contributed by atoms with Gasteiger partial charge in [-0.2, -0.15) is 0 Å². The Bertz CT molecular complexity index is 940. The van der Waals surface area contributed by atoms with Gasteiger partial charge < -0.3 is 14.7 Å². The molecule has 1 aliphatic rings. The molecule has 0 aromatic heterocycles. The zero-order valence-electron chi connectivity index (χ0n) is 15.3. The van der Waals surface area contributed by atoms with Gasteiger partial charge in [0.05, 0.1) is 12.0 Å². The molecule has 3 rings (SSSR count). The van der Waals surface area contributed by atoms with Gasteiger partial charge in [-0.15, -0.1) is 0 Å². The lowest BCUT2D eigenvalue weighted by molar-refractivity contribution is -0.140. The highest BCUT2D eigenvalue weighted by Gasteiger charge is 2.33. The first-order chi connectivity index (χ1) is 13.4. The van der Waals surface area contributed by atoms with Crippen LogP contribution in [0.2, 0.25) is 0 Å². The van der Waals surface area contributed by atoms with Crippen molar-refractivity contribution in [2.24, 2.45) is 0 Å². The summed E-state index contributed by atoms with van der Waals surface area (Å²) in [5.41, 5.74) is 2.84. The lowest BCUT2D eigenvalue weighted by Gasteiger charge is -2.20. The molecule has 0 atom stereocenters. The molecule has 28 heavy (non-hydrogen) atoms. The predicted octanol–water partition coefficient (Wildman–Crippen LogP) is 3.75. The van der Waals surface area contributed by atoms with E-state index in [-0.39, 0.29) is 10.2 Å². The topological polar surface area (TPSA) is 70.1 Å². The SMILES string of the molecule is COc1ccc(N(C)c2ccc(/C=C3/SC(=S)N(CC(=O)O)C3=O)cc2)cc1. The first-order valence-electron chi connectivity index (χ1n) is 8.34. The van der Waals surface area contributed by atoms with Crippen molar-refractivity contribution in [3.63, 3.8) is 0 Å². The Kier molecular flexibility index (Phi) is 6.01. The van der Waals surface area contributed by atoms with E-state index in [1.165, 1.54) is 0 Å². The zero-order chi connectivity index (χ0) is 20.3. The van der Waals surface area contributed by atoms with Crippen LogP contribution >= 0.6 is 24.0 Å². The van der Waals surface area contributed by atoms with Crippen LogP contribution in [0.4, 0.5) is 11.4 Å². The summed E-state index contributed by atoms with van der Waals surface area (Å²) < 4.78 is 5.44. The third kappa shape index (κ3) is 4.35. The van der Waals surface area contributed by atoms with Crippen molar-refractivity contribution >= 4 is 57.6 Å². The molecule has 0 radical (unpaired) electrons. The second kappa shape index (κ2) is 8.45. The van der Waals surface area contributed by atoms with Crippen molar-refractivity contribution in [3.8, 4) is 5.75 Å². The van der Waals surface area contributed by atoms with Crippen LogP contribution in [0.5, 0.6) is 5.75 Å². The van der Waals surface area contributed by atoms with Crippen molar-refractivity contribution in [2.45, 2.75) is 0 Å². The summed E-state index contributed by atoms with van der Waals surface area (Å²) in [5.74, 6) is -0.673. The monoisotopic (exact) mass is 414 g/mol. The molecule has 0 unspecified atom stereocenters. The van der Waals surface area contributed by atoms with Crippen molar-refractivity contribution in [1.82, 2.24) is 4.90 Å². The van der Waals surface area contributed by atoms with Gasteiger partial charge in [0.25, 0.3) is 5.91 Å². The summed E-state index contributed by atoms with van der Waals surface area (Å²) in [5, 5.41) is 8.90. The van der Waals surface area contributed by atoms with Crippen molar-refractivity contribution in [1.29, 1.82) is 0 Å². The Balaban J connectivity index is 1.75.